The van der Waals surface area contributed by atoms with Crippen LogP contribution < -0.4 is 5.32 Å². The average Bonchev–Trinajstić information content (AvgIpc) is 2.93. The van der Waals surface area contributed by atoms with E-state index in [2.05, 4.69) is 10.5 Å². The van der Waals surface area contributed by atoms with Crippen molar-refractivity contribution in [2.45, 2.75) is 12.7 Å². The first-order valence-electron chi connectivity index (χ1n) is 6.37. The Morgan fingerprint density at radius 1 is 1.45 bits per heavy atom. The average molecular weight is 345 g/mol. The van der Waals surface area contributed by atoms with E-state index in [4.69, 9.17) is 32.5 Å². The fourth-order valence-electron chi connectivity index (χ4n) is 1.79. The van der Waals surface area contributed by atoms with Gasteiger partial charge in [-0.15, -0.1) is 0 Å². The molecular formula is C14H14Cl2N2O4. The summed E-state index contributed by atoms with van der Waals surface area (Å²) in [5, 5.41) is 17.0. The molecule has 0 aliphatic carbocycles. The number of hydrogen-bond acceptors (Lipinski definition) is 5. The molecular weight excluding hydrogens is 331 g/mol. The van der Waals surface area contributed by atoms with Gasteiger partial charge in [-0.05, 0) is 12.1 Å². The van der Waals surface area contributed by atoms with Crippen LogP contribution in [0.2, 0.25) is 10.0 Å². The number of rotatable bonds is 6. The van der Waals surface area contributed by atoms with E-state index in [1.165, 1.54) is 19.2 Å². The summed E-state index contributed by atoms with van der Waals surface area (Å²) in [4.78, 5) is 11.9. The Morgan fingerprint density at radius 2 is 2.23 bits per heavy atom. The molecule has 1 aromatic heterocycles. The maximum Gasteiger partial charge on any atom is 0.273 e. The molecule has 1 heterocycles. The first kappa shape index (κ1) is 16.8. The van der Waals surface area contributed by atoms with Crippen molar-refractivity contribution in [3.63, 3.8) is 0 Å². The van der Waals surface area contributed by atoms with Gasteiger partial charge in [-0.3, -0.25) is 4.79 Å². The standard InChI is InChI=1S/C14H14Cl2N2O4/c1-21-7-9-5-12(18-22-9)14(20)17-6-13(19)10-3-2-8(15)4-11(10)16/h2-5,13,19H,6-7H2,1H3,(H,17,20). The van der Waals surface area contributed by atoms with Crippen molar-refractivity contribution < 1.29 is 19.2 Å². The Hall–Kier alpha value is -1.60. The third-order valence-corrected chi connectivity index (χ3v) is 3.42. The molecule has 2 aromatic rings. The van der Waals surface area contributed by atoms with Crippen molar-refractivity contribution in [1.29, 1.82) is 0 Å². The van der Waals surface area contributed by atoms with Crippen LogP contribution >= 0.6 is 23.2 Å². The van der Waals surface area contributed by atoms with Gasteiger partial charge in [0.15, 0.2) is 11.5 Å². The maximum absolute atomic E-state index is 11.9. The molecule has 0 aliphatic heterocycles. The predicted octanol–water partition coefficient (Wildman–Crippen LogP) is 2.59. The highest BCUT2D eigenvalue weighted by Crippen LogP contribution is 2.25. The number of aromatic nitrogens is 1. The van der Waals surface area contributed by atoms with Gasteiger partial charge < -0.3 is 19.7 Å². The molecule has 118 valence electrons. The molecule has 0 aliphatic rings. The van der Waals surface area contributed by atoms with Crippen LogP contribution in [0.5, 0.6) is 0 Å². The molecule has 1 aromatic carbocycles. The molecule has 1 amide bonds. The van der Waals surface area contributed by atoms with Gasteiger partial charge in [-0.25, -0.2) is 0 Å². The zero-order valence-corrected chi connectivity index (χ0v) is 13.2. The van der Waals surface area contributed by atoms with Crippen molar-refractivity contribution in [3.05, 3.63) is 51.3 Å². The summed E-state index contributed by atoms with van der Waals surface area (Å²) in [6.07, 6.45) is -0.959. The van der Waals surface area contributed by atoms with Crippen LogP contribution in [-0.2, 0) is 11.3 Å². The molecule has 2 N–H and O–H groups in total. The molecule has 22 heavy (non-hydrogen) atoms. The summed E-state index contributed by atoms with van der Waals surface area (Å²) in [6.45, 7) is 0.204. The minimum absolute atomic E-state index is 0.0212. The van der Waals surface area contributed by atoms with E-state index < -0.39 is 12.0 Å². The molecule has 0 fully saturated rings. The van der Waals surface area contributed by atoms with Crippen LogP contribution in [-0.4, -0.2) is 29.8 Å². The zero-order valence-electron chi connectivity index (χ0n) is 11.7. The summed E-state index contributed by atoms with van der Waals surface area (Å²) < 4.78 is 9.78. The number of carbonyl (C=O) groups excluding carboxylic acids is 1. The maximum atomic E-state index is 11.9. The molecule has 0 saturated carbocycles. The Labute approximate surface area is 137 Å². The lowest BCUT2D eigenvalue weighted by Crippen LogP contribution is -2.28. The lowest BCUT2D eigenvalue weighted by Gasteiger charge is -2.13. The molecule has 6 nitrogen and oxygen atoms in total. The smallest absolute Gasteiger partial charge is 0.273 e. The Morgan fingerprint density at radius 3 is 2.91 bits per heavy atom. The van der Waals surface area contributed by atoms with Crippen LogP contribution in [0.3, 0.4) is 0 Å². The molecule has 0 bridgehead atoms. The SMILES string of the molecule is COCc1cc(C(=O)NCC(O)c2ccc(Cl)cc2Cl)no1. The number of aliphatic hydroxyl groups is 1. The van der Waals surface area contributed by atoms with Gasteiger partial charge in [0.1, 0.15) is 6.61 Å². The van der Waals surface area contributed by atoms with E-state index in [0.717, 1.165) is 0 Å². The summed E-state index contributed by atoms with van der Waals surface area (Å²) in [7, 11) is 1.51. The molecule has 1 unspecified atom stereocenters. The van der Waals surface area contributed by atoms with Gasteiger partial charge in [0.2, 0.25) is 0 Å². The van der Waals surface area contributed by atoms with Gasteiger partial charge in [0.25, 0.3) is 5.91 Å². The largest absolute Gasteiger partial charge is 0.387 e. The second-order valence-corrected chi connectivity index (χ2v) is 5.35. The highest BCUT2D eigenvalue weighted by molar-refractivity contribution is 6.35. The third-order valence-electron chi connectivity index (χ3n) is 2.86. The van der Waals surface area contributed by atoms with Gasteiger partial charge in [0, 0.05) is 35.3 Å². The van der Waals surface area contributed by atoms with Gasteiger partial charge in [-0.1, -0.05) is 34.4 Å². The number of nitrogens with zero attached hydrogens (tertiary/aromatic N) is 1. The molecule has 0 saturated heterocycles. The number of amides is 1. The second kappa shape index (κ2) is 7.60. The lowest BCUT2D eigenvalue weighted by atomic mass is 10.1. The van der Waals surface area contributed by atoms with Gasteiger partial charge in [-0.2, -0.15) is 0 Å². The number of ether oxygens (including phenoxy) is 1. The quantitative estimate of drug-likeness (QED) is 0.841. The molecule has 0 spiro atoms. The molecule has 0 radical (unpaired) electrons. The monoisotopic (exact) mass is 344 g/mol. The number of benzene rings is 1. The normalized spacial score (nSPS) is 12.2. The third kappa shape index (κ3) is 4.20. The minimum atomic E-state index is -0.959. The van der Waals surface area contributed by atoms with Crippen LogP contribution in [0.4, 0.5) is 0 Å². The first-order chi connectivity index (χ1) is 10.5. The van der Waals surface area contributed by atoms with Gasteiger partial charge >= 0.3 is 0 Å². The number of aliphatic hydroxyl groups excluding tert-OH is 1. The predicted molar refractivity (Wildman–Crippen MR) is 81.0 cm³/mol. The fourth-order valence-corrected chi connectivity index (χ4v) is 2.33. The Balaban J connectivity index is 1.94. The summed E-state index contributed by atoms with van der Waals surface area (Å²) in [5.74, 6) is -0.0239. The van der Waals surface area contributed by atoms with Crippen LogP contribution in [0.25, 0.3) is 0 Å². The van der Waals surface area contributed by atoms with E-state index in [-0.39, 0.29) is 18.8 Å². The summed E-state index contributed by atoms with van der Waals surface area (Å²) >= 11 is 11.8. The molecule has 2 rings (SSSR count). The van der Waals surface area contributed by atoms with Crippen molar-refractivity contribution in [2.75, 3.05) is 13.7 Å². The van der Waals surface area contributed by atoms with E-state index in [9.17, 15) is 9.90 Å². The van der Waals surface area contributed by atoms with E-state index in [1.807, 2.05) is 0 Å². The highest BCUT2D eigenvalue weighted by atomic mass is 35.5. The molecule has 8 heteroatoms. The first-order valence-corrected chi connectivity index (χ1v) is 7.12. The van der Waals surface area contributed by atoms with E-state index in [0.29, 0.717) is 21.4 Å². The van der Waals surface area contributed by atoms with E-state index in [1.54, 1.807) is 12.1 Å². The van der Waals surface area contributed by atoms with Gasteiger partial charge in [0.05, 0.1) is 6.10 Å². The number of methoxy groups -OCH3 is 1. The Bertz CT molecular complexity index is 660. The fraction of sp³-hybridized carbons (Fsp3) is 0.286. The van der Waals surface area contributed by atoms with Crippen LogP contribution in [0.1, 0.15) is 27.9 Å². The topological polar surface area (TPSA) is 84.6 Å². The highest BCUT2D eigenvalue weighted by Gasteiger charge is 2.16. The number of nitrogens with one attached hydrogen (secondary N) is 1. The summed E-state index contributed by atoms with van der Waals surface area (Å²) in [6, 6.07) is 6.22. The van der Waals surface area contributed by atoms with Crippen molar-refractivity contribution in [2.24, 2.45) is 0 Å². The Kier molecular flexibility index (Phi) is 5.79. The van der Waals surface area contributed by atoms with Crippen molar-refractivity contribution >= 4 is 29.1 Å². The second-order valence-electron chi connectivity index (χ2n) is 4.50. The summed E-state index contributed by atoms with van der Waals surface area (Å²) in [5.41, 5.74) is 0.591. The zero-order chi connectivity index (χ0) is 16.1. The van der Waals surface area contributed by atoms with Crippen LogP contribution in [0.15, 0.2) is 28.8 Å². The van der Waals surface area contributed by atoms with Crippen LogP contribution in [0, 0.1) is 0 Å². The van der Waals surface area contributed by atoms with Crippen molar-refractivity contribution in [1.82, 2.24) is 10.5 Å². The minimum Gasteiger partial charge on any atom is -0.387 e. The van der Waals surface area contributed by atoms with E-state index >= 15 is 0 Å². The number of carbonyl (C=O) groups is 1. The number of hydrogen-bond donors (Lipinski definition) is 2. The number of halogens is 2. The lowest BCUT2D eigenvalue weighted by molar-refractivity contribution is 0.0906. The van der Waals surface area contributed by atoms with Crippen molar-refractivity contribution in [3.8, 4) is 0 Å². The molecule has 1 atom stereocenters.